The van der Waals surface area contributed by atoms with Gasteiger partial charge in [0.15, 0.2) is 11.6 Å². The molecule has 4 rings (SSSR count). The van der Waals surface area contributed by atoms with Crippen molar-refractivity contribution in [2.45, 2.75) is 71.0 Å². The predicted octanol–water partition coefficient (Wildman–Crippen LogP) is 4.37. The number of nitrogens with two attached hydrogens (primary N) is 1. The molecule has 0 amide bonds. The first-order chi connectivity index (χ1) is 15.5. The van der Waals surface area contributed by atoms with Crippen molar-refractivity contribution in [3.05, 3.63) is 52.6 Å². The summed E-state index contributed by atoms with van der Waals surface area (Å²) in [4.78, 5) is 20.2. The maximum absolute atomic E-state index is 13.3. The number of aromatic nitrogens is 2. The smallest absolute Gasteiger partial charge is 0.263 e. The molecule has 1 aliphatic heterocycles. The number of amidine groups is 1. The molecule has 3 aromatic rings. The number of unbranched alkanes of at least 4 members (excludes halogenated alkanes) is 2. The number of para-hydroxylation sites is 1. The van der Waals surface area contributed by atoms with Crippen molar-refractivity contribution >= 4 is 16.7 Å². The molecule has 0 radical (unpaired) electrons. The quantitative estimate of drug-likeness (QED) is 0.311. The molecule has 3 N–H and O–H groups in total. The summed E-state index contributed by atoms with van der Waals surface area (Å²) >= 11 is 0. The van der Waals surface area contributed by atoms with Gasteiger partial charge in [0.05, 0.1) is 11.7 Å². The van der Waals surface area contributed by atoms with E-state index in [-0.39, 0.29) is 23.0 Å². The fraction of sp³-hybridized carbons (Fsp3) is 0.480. The monoisotopic (exact) mass is 435 g/mol. The van der Waals surface area contributed by atoms with Crippen LogP contribution in [-0.2, 0) is 6.54 Å². The molecule has 3 heterocycles. The van der Waals surface area contributed by atoms with Gasteiger partial charge in [-0.1, -0.05) is 31.0 Å². The second-order valence-corrected chi connectivity index (χ2v) is 8.94. The van der Waals surface area contributed by atoms with Crippen molar-refractivity contribution in [3.63, 3.8) is 0 Å². The van der Waals surface area contributed by atoms with Gasteiger partial charge in [0.25, 0.3) is 5.56 Å². The molecule has 7 heteroatoms. The van der Waals surface area contributed by atoms with Crippen molar-refractivity contribution in [2.75, 3.05) is 6.54 Å². The van der Waals surface area contributed by atoms with Crippen molar-refractivity contribution in [1.29, 1.82) is 5.41 Å². The Hall–Kier alpha value is -2.93. The lowest BCUT2D eigenvalue weighted by molar-refractivity contribution is 0.101. The van der Waals surface area contributed by atoms with Gasteiger partial charge in [-0.25, -0.2) is 4.98 Å². The third kappa shape index (κ3) is 4.63. The number of piperidine rings is 1. The topological polar surface area (TPSA) is 101 Å². The predicted molar refractivity (Wildman–Crippen MR) is 128 cm³/mol. The van der Waals surface area contributed by atoms with Crippen LogP contribution in [0.15, 0.2) is 45.7 Å². The molecule has 2 aromatic heterocycles. The molecule has 0 aliphatic carbocycles. The lowest BCUT2D eigenvalue weighted by Gasteiger charge is -2.39. The Bertz CT molecular complexity index is 1140. The maximum Gasteiger partial charge on any atom is 0.263 e. The lowest BCUT2D eigenvalue weighted by Crippen LogP contribution is -2.44. The van der Waals surface area contributed by atoms with Gasteiger partial charge in [0.1, 0.15) is 5.56 Å². The van der Waals surface area contributed by atoms with Crippen LogP contribution in [0.1, 0.15) is 58.1 Å². The molecule has 1 aromatic carbocycles. The van der Waals surface area contributed by atoms with E-state index >= 15 is 0 Å². The molecular weight excluding hydrogens is 402 g/mol. The third-order valence-corrected chi connectivity index (χ3v) is 6.68. The number of nitrogens with zero attached hydrogens (tertiary/aromatic N) is 3. The number of rotatable bonds is 8. The van der Waals surface area contributed by atoms with Crippen LogP contribution in [0.25, 0.3) is 22.4 Å². The van der Waals surface area contributed by atoms with Gasteiger partial charge < -0.3 is 14.7 Å². The minimum atomic E-state index is -0.206. The van der Waals surface area contributed by atoms with Crippen LogP contribution >= 0.6 is 0 Å². The molecule has 0 unspecified atom stereocenters. The highest BCUT2D eigenvalue weighted by molar-refractivity contribution is 5.92. The largest absolute Gasteiger partial charge is 0.433 e. The van der Waals surface area contributed by atoms with Crippen LogP contribution in [-0.4, -0.2) is 38.9 Å². The normalized spacial score (nSPS) is 19.4. The standard InChI is InChI=1S/C25H33N5O2/c1-17-9-8-10-18(2)29(17)13-6-3-7-14-30-21-12-5-4-11-19(21)15-20(25(30)31)24-28-16-22(32-24)23(26)27/h4-5,11-12,15-18H,3,6-10,13-14H2,1-2H3,(H3,26,27)/t17-,18+. The molecule has 7 nitrogen and oxygen atoms in total. The highest BCUT2D eigenvalue weighted by Crippen LogP contribution is 2.24. The zero-order valence-electron chi connectivity index (χ0n) is 19.0. The van der Waals surface area contributed by atoms with Gasteiger partial charge in [0, 0.05) is 18.6 Å². The Morgan fingerprint density at radius 3 is 2.59 bits per heavy atom. The van der Waals surface area contributed by atoms with Crippen LogP contribution in [0.2, 0.25) is 0 Å². The van der Waals surface area contributed by atoms with Crippen molar-refractivity contribution in [3.8, 4) is 11.5 Å². The van der Waals surface area contributed by atoms with E-state index in [4.69, 9.17) is 15.6 Å². The second kappa shape index (κ2) is 9.69. The van der Waals surface area contributed by atoms with E-state index in [1.165, 1.54) is 25.5 Å². The summed E-state index contributed by atoms with van der Waals surface area (Å²) < 4.78 is 7.39. The molecule has 0 saturated carbocycles. The van der Waals surface area contributed by atoms with Crippen LogP contribution < -0.4 is 11.3 Å². The van der Waals surface area contributed by atoms with Gasteiger partial charge in [0.2, 0.25) is 5.89 Å². The summed E-state index contributed by atoms with van der Waals surface area (Å²) in [5, 5.41) is 8.48. The molecule has 170 valence electrons. The SMILES string of the molecule is C[C@@H]1CCC[C@H](C)N1CCCCCn1c(=O)c(-c2ncc(C(=N)N)o2)cc2ccccc21. The number of likely N-dealkylation sites (tertiary alicyclic amines) is 1. The number of aryl methyl sites for hydroxylation is 1. The summed E-state index contributed by atoms with van der Waals surface area (Å²) in [6, 6.07) is 11.0. The third-order valence-electron chi connectivity index (χ3n) is 6.68. The van der Waals surface area contributed by atoms with E-state index < -0.39 is 0 Å². The molecule has 1 saturated heterocycles. The number of fused-ring (bicyclic) bond motifs is 1. The molecule has 32 heavy (non-hydrogen) atoms. The fourth-order valence-electron chi connectivity index (χ4n) is 4.88. The lowest BCUT2D eigenvalue weighted by atomic mass is 9.97. The van der Waals surface area contributed by atoms with E-state index in [1.54, 1.807) is 0 Å². The van der Waals surface area contributed by atoms with Crippen molar-refractivity contribution < 1.29 is 4.42 Å². The highest BCUT2D eigenvalue weighted by atomic mass is 16.4. The van der Waals surface area contributed by atoms with Gasteiger partial charge in [-0.15, -0.1) is 0 Å². The minimum absolute atomic E-state index is 0.126. The zero-order valence-corrected chi connectivity index (χ0v) is 19.0. The summed E-state index contributed by atoms with van der Waals surface area (Å²) in [6.07, 6.45) is 8.48. The number of pyridine rings is 1. The van der Waals surface area contributed by atoms with Crippen molar-refractivity contribution in [2.24, 2.45) is 5.73 Å². The summed E-state index contributed by atoms with van der Waals surface area (Å²) in [5.41, 5.74) is 6.68. The summed E-state index contributed by atoms with van der Waals surface area (Å²) in [6.45, 7) is 6.46. The van der Waals surface area contributed by atoms with Gasteiger partial charge >= 0.3 is 0 Å². The average molecular weight is 436 g/mol. The van der Waals surface area contributed by atoms with E-state index in [1.807, 2.05) is 34.9 Å². The van der Waals surface area contributed by atoms with E-state index in [0.717, 1.165) is 36.7 Å². The average Bonchev–Trinajstić information content (AvgIpc) is 3.27. The second-order valence-electron chi connectivity index (χ2n) is 8.94. The van der Waals surface area contributed by atoms with Gasteiger partial charge in [-0.3, -0.25) is 15.1 Å². The first-order valence-corrected chi connectivity index (χ1v) is 11.6. The maximum atomic E-state index is 13.3. The number of benzene rings is 1. The number of hydrogen-bond acceptors (Lipinski definition) is 5. The van der Waals surface area contributed by atoms with Crippen LogP contribution in [0.4, 0.5) is 0 Å². The summed E-state index contributed by atoms with van der Waals surface area (Å²) in [7, 11) is 0. The highest BCUT2D eigenvalue weighted by Gasteiger charge is 2.23. The summed E-state index contributed by atoms with van der Waals surface area (Å²) in [5.74, 6) is 0.162. The molecule has 0 bridgehead atoms. The number of oxazole rings is 1. The minimum Gasteiger partial charge on any atom is -0.433 e. The van der Waals surface area contributed by atoms with Crippen LogP contribution in [0.5, 0.6) is 0 Å². The van der Waals surface area contributed by atoms with Crippen molar-refractivity contribution in [1.82, 2.24) is 14.5 Å². The molecule has 1 aliphatic rings. The molecule has 2 atom stereocenters. The van der Waals surface area contributed by atoms with E-state index in [0.29, 0.717) is 24.2 Å². The molecular formula is C25H33N5O2. The van der Waals surface area contributed by atoms with Gasteiger partial charge in [-0.2, -0.15) is 0 Å². The Kier molecular flexibility index (Phi) is 6.74. The Balaban J connectivity index is 1.49. The molecule has 0 spiro atoms. The van der Waals surface area contributed by atoms with E-state index in [2.05, 4.69) is 23.7 Å². The Labute approximate surface area is 188 Å². The van der Waals surface area contributed by atoms with Crippen LogP contribution in [0.3, 0.4) is 0 Å². The number of nitrogen functional groups attached to an aromatic ring is 1. The number of nitrogens with one attached hydrogen (secondary N) is 1. The van der Waals surface area contributed by atoms with E-state index in [9.17, 15) is 4.79 Å². The zero-order chi connectivity index (χ0) is 22.7. The number of hydrogen-bond donors (Lipinski definition) is 2. The first-order valence-electron chi connectivity index (χ1n) is 11.6. The Morgan fingerprint density at radius 2 is 1.88 bits per heavy atom. The first kappa shape index (κ1) is 22.3. The Morgan fingerprint density at radius 1 is 1.16 bits per heavy atom. The van der Waals surface area contributed by atoms with Gasteiger partial charge in [-0.05, 0) is 63.6 Å². The molecule has 1 fully saturated rings. The van der Waals surface area contributed by atoms with Crippen LogP contribution in [0, 0.1) is 5.41 Å². The fourth-order valence-corrected chi connectivity index (χ4v) is 4.88.